The van der Waals surface area contributed by atoms with Crippen molar-refractivity contribution in [1.29, 1.82) is 0 Å². The van der Waals surface area contributed by atoms with Crippen LogP contribution >= 0.6 is 15.9 Å². The molecule has 94 valence electrons. The van der Waals surface area contributed by atoms with Crippen molar-refractivity contribution in [2.24, 2.45) is 0 Å². The van der Waals surface area contributed by atoms with E-state index in [1.165, 1.54) is 0 Å². The van der Waals surface area contributed by atoms with Crippen LogP contribution in [0.25, 0.3) is 0 Å². The number of nitrogens with two attached hydrogens (primary N) is 1. The Morgan fingerprint density at radius 3 is 2.83 bits per heavy atom. The van der Waals surface area contributed by atoms with Gasteiger partial charge in [0.05, 0.1) is 16.4 Å². The molecule has 18 heavy (non-hydrogen) atoms. The zero-order chi connectivity index (χ0) is 13.3. The van der Waals surface area contributed by atoms with Gasteiger partial charge in [0.1, 0.15) is 11.4 Å². The first-order valence-corrected chi connectivity index (χ1v) is 6.30. The normalized spacial score (nSPS) is 10.9. The Hall–Kier alpha value is -1.69. The van der Waals surface area contributed by atoms with E-state index in [1.54, 1.807) is 29.2 Å². The van der Waals surface area contributed by atoms with E-state index in [1.807, 2.05) is 13.8 Å². The molecule has 0 spiro atoms. The van der Waals surface area contributed by atoms with Gasteiger partial charge in [-0.1, -0.05) is 0 Å². The summed E-state index contributed by atoms with van der Waals surface area (Å²) in [4.78, 5) is 16.5. The molecule has 0 unspecified atom stereocenters. The lowest BCUT2D eigenvalue weighted by Gasteiger charge is -2.11. The van der Waals surface area contributed by atoms with Gasteiger partial charge in [-0.3, -0.25) is 14.5 Å². The predicted octanol–water partition coefficient (Wildman–Crippen LogP) is 2.43. The van der Waals surface area contributed by atoms with Crippen molar-refractivity contribution in [3.8, 4) is 0 Å². The van der Waals surface area contributed by atoms with Gasteiger partial charge in [-0.15, -0.1) is 0 Å². The fourth-order valence-corrected chi connectivity index (χ4v) is 2.12. The van der Waals surface area contributed by atoms with Crippen molar-refractivity contribution in [3.05, 3.63) is 40.4 Å². The van der Waals surface area contributed by atoms with Gasteiger partial charge in [-0.05, 0) is 41.9 Å². The maximum Gasteiger partial charge on any atom is 0.232 e. The molecule has 0 saturated carbocycles. The summed E-state index contributed by atoms with van der Waals surface area (Å²) in [6.45, 7) is 3.91. The van der Waals surface area contributed by atoms with E-state index >= 15 is 0 Å². The van der Waals surface area contributed by atoms with Crippen LogP contribution in [0, 0.1) is 0 Å². The van der Waals surface area contributed by atoms with Crippen LogP contribution in [-0.4, -0.2) is 20.5 Å². The van der Waals surface area contributed by atoms with Crippen LogP contribution in [0.5, 0.6) is 0 Å². The Morgan fingerprint density at radius 1 is 1.50 bits per heavy atom. The number of anilines is 1. The van der Waals surface area contributed by atoms with Crippen molar-refractivity contribution in [2.45, 2.75) is 19.9 Å². The van der Waals surface area contributed by atoms with Crippen molar-refractivity contribution in [2.75, 3.05) is 5.73 Å². The van der Waals surface area contributed by atoms with E-state index in [-0.39, 0.29) is 17.5 Å². The largest absolute Gasteiger partial charge is 0.397 e. The zero-order valence-corrected chi connectivity index (χ0v) is 11.7. The summed E-state index contributed by atoms with van der Waals surface area (Å²) in [5.41, 5.74) is 6.86. The second-order valence-electron chi connectivity index (χ2n) is 4.15. The van der Waals surface area contributed by atoms with Crippen LogP contribution in [-0.2, 0) is 0 Å². The van der Waals surface area contributed by atoms with E-state index in [9.17, 15) is 4.79 Å². The fraction of sp³-hybridized carbons (Fsp3) is 0.250. The first kappa shape index (κ1) is 12.8. The van der Waals surface area contributed by atoms with E-state index < -0.39 is 0 Å². The van der Waals surface area contributed by atoms with Gasteiger partial charge in [0, 0.05) is 12.2 Å². The van der Waals surface area contributed by atoms with E-state index in [0.29, 0.717) is 15.9 Å². The van der Waals surface area contributed by atoms with Crippen molar-refractivity contribution in [3.63, 3.8) is 0 Å². The number of rotatable bonds is 3. The molecule has 0 saturated heterocycles. The lowest BCUT2D eigenvalue weighted by Crippen LogP contribution is -2.16. The number of nitrogen functional groups attached to an aromatic ring is 1. The molecule has 0 amide bonds. The van der Waals surface area contributed by atoms with Gasteiger partial charge in [0.25, 0.3) is 0 Å². The Morgan fingerprint density at radius 2 is 2.22 bits per heavy atom. The minimum Gasteiger partial charge on any atom is -0.397 e. The number of hydrogen-bond donors (Lipinski definition) is 1. The molecule has 0 atom stereocenters. The van der Waals surface area contributed by atoms with Crippen molar-refractivity contribution in [1.82, 2.24) is 14.8 Å². The van der Waals surface area contributed by atoms with E-state index in [2.05, 4.69) is 26.0 Å². The highest BCUT2D eigenvalue weighted by Gasteiger charge is 2.22. The molecule has 5 nitrogen and oxygen atoms in total. The lowest BCUT2D eigenvalue weighted by atomic mass is 10.1. The highest BCUT2D eigenvalue weighted by molar-refractivity contribution is 9.10. The number of pyridine rings is 1. The summed E-state index contributed by atoms with van der Waals surface area (Å²) in [5, 5.41) is 4.17. The number of ketones is 1. The second-order valence-corrected chi connectivity index (χ2v) is 5.00. The van der Waals surface area contributed by atoms with Gasteiger partial charge >= 0.3 is 0 Å². The molecule has 2 aromatic heterocycles. The highest BCUT2D eigenvalue weighted by Crippen LogP contribution is 2.23. The third-order valence-electron chi connectivity index (χ3n) is 2.51. The molecule has 2 rings (SSSR count). The summed E-state index contributed by atoms with van der Waals surface area (Å²) in [6.07, 6.45) is 3.15. The maximum absolute atomic E-state index is 12.4. The van der Waals surface area contributed by atoms with Gasteiger partial charge in [0.2, 0.25) is 5.78 Å². The molecule has 0 aliphatic heterocycles. The first-order chi connectivity index (χ1) is 8.52. The first-order valence-electron chi connectivity index (χ1n) is 5.50. The number of hydrogen-bond acceptors (Lipinski definition) is 4. The summed E-state index contributed by atoms with van der Waals surface area (Å²) >= 11 is 3.34. The molecule has 0 bridgehead atoms. The summed E-state index contributed by atoms with van der Waals surface area (Å²) in [5.74, 6) is -0.230. The molecule has 2 heterocycles. The zero-order valence-electron chi connectivity index (χ0n) is 10.1. The monoisotopic (exact) mass is 308 g/mol. The third-order valence-corrected chi connectivity index (χ3v) is 3.09. The summed E-state index contributed by atoms with van der Waals surface area (Å²) in [6, 6.07) is 3.44. The SMILES string of the molecule is CC(C)n1ncc(Br)c1C(=O)c1ncccc1N. The molecular formula is C12H13BrN4O. The number of aromatic nitrogens is 3. The van der Waals surface area contributed by atoms with Gasteiger partial charge in [-0.2, -0.15) is 5.10 Å². The number of nitrogens with zero attached hydrogens (tertiary/aromatic N) is 3. The number of carbonyl (C=O) groups is 1. The average Bonchev–Trinajstić information content (AvgIpc) is 2.71. The smallest absolute Gasteiger partial charge is 0.232 e. The molecule has 2 aromatic rings. The van der Waals surface area contributed by atoms with Crippen molar-refractivity contribution < 1.29 is 4.79 Å². The quantitative estimate of drug-likeness (QED) is 0.884. The minimum absolute atomic E-state index is 0.0835. The number of carbonyl (C=O) groups excluding carboxylic acids is 1. The average molecular weight is 309 g/mol. The Kier molecular flexibility index (Phi) is 3.47. The molecular weight excluding hydrogens is 296 g/mol. The highest BCUT2D eigenvalue weighted by atomic mass is 79.9. The molecule has 0 aromatic carbocycles. The van der Waals surface area contributed by atoms with Crippen LogP contribution in [0.1, 0.15) is 36.1 Å². The van der Waals surface area contributed by atoms with Gasteiger partial charge in [-0.25, -0.2) is 0 Å². The van der Waals surface area contributed by atoms with Crippen LogP contribution in [0.3, 0.4) is 0 Å². The molecule has 2 N–H and O–H groups in total. The molecule has 0 fully saturated rings. The molecule has 0 radical (unpaired) electrons. The summed E-state index contributed by atoms with van der Waals surface area (Å²) < 4.78 is 2.30. The van der Waals surface area contributed by atoms with Crippen LogP contribution in [0.4, 0.5) is 5.69 Å². The third kappa shape index (κ3) is 2.15. The van der Waals surface area contributed by atoms with Crippen LogP contribution in [0.15, 0.2) is 29.0 Å². The number of halogens is 1. The van der Waals surface area contributed by atoms with Gasteiger partial charge < -0.3 is 5.73 Å². The van der Waals surface area contributed by atoms with Crippen molar-refractivity contribution >= 4 is 27.4 Å². The van der Waals surface area contributed by atoms with Gasteiger partial charge in [0.15, 0.2) is 0 Å². The molecule has 0 aliphatic carbocycles. The second kappa shape index (κ2) is 4.89. The van der Waals surface area contributed by atoms with Crippen LogP contribution in [0.2, 0.25) is 0 Å². The minimum atomic E-state index is -0.230. The van der Waals surface area contributed by atoms with E-state index in [4.69, 9.17) is 5.73 Å². The molecule has 0 aliphatic rings. The van der Waals surface area contributed by atoms with Crippen LogP contribution < -0.4 is 5.73 Å². The fourth-order valence-electron chi connectivity index (χ4n) is 1.66. The Balaban J connectivity index is 2.53. The topological polar surface area (TPSA) is 73.8 Å². The summed E-state index contributed by atoms with van der Waals surface area (Å²) in [7, 11) is 0. The lowest BCUT2D eigenvalue weighted by molar-refractivity contribution is 0.102. The Labute approximate surface area is 113 Å². The standard InChI is InChI=1S/C12H13BrN4O/c1-7(2)17-11(8(13)6-16-17)12(18)10-9(14)4-3-5-15-10/h3-7H,14H2,1-2H3. The Bertz CT molecular complexity index is 592. The molecule has 6 heteroatoms. The predicted molar refractivity (Wildman–Crippen MR) is 72.4 cm³/mol. The maximum atomic E-state index is 12.4. The van der Waals surface area contributed by atoms with E-state index in [0.717, 1.165) is 0 Å².